The highest BCUT2D eigenvalue weighted by atomic mass is 16.5. The van der Waals surface area contributed by atoms with Crippen molar-refractivity contribution in [3.8, 4) is 11.5 Å². The first-order chi connectivity index (χ1) is 18.2. The van der Waals surface area contributed by atoms with E-state index in [1.165, 1.54) is 4.90 Å². The zero-order valence-electron chi connectivity index (χ0n) is 22.1. The maximum absolute atomic E-state index is 13.5. The minimum atomic E-state index is -0.804. The van der Waals surface area contributed by atoms with Crippen molar-refractivity contribution in [1.82, 2.24) is 0 Å². The summed E-state index contributed by atoms with van der Waals surface area (Å²) in [5.74, 6) is 0.167. The van der Waals surface area contributed by atoms with Crippen LogP contribution >= 0.6 is 0 Å². The topological polar surface area (TPSA) is 79.3 Å². The van der Waals surface area contributed by atoms with Crippen molar-refractivity contribution < 1.29 is 24.2 Å². The molecule has 1 N–H and O–H groups in total. The molecule has 2 heterocycles. The molecule has 2 aliphatic rings. The van der Waals surface area contributed by atoms with E-state index >= 15 is 0 Å². The zero-order chi connectivity index (χ0) is 27.0. The van der Waals surface area contributed by atoms with Gasteiger partial charge in [0.25, 0.3) is 11.7 Å². The van der Waals surface area contributed by atoms with Crippen LogP contribution in [0.25, 0.3) is 5.76 Å². The Morgan fingerprint density at radius 3 is 2.45 bits per heavy atom. The van der Waals surface area contributed by atoms with Gasteiger partial charge in [0.15, 0.2) is 0 Å². The van der Waals surface area contributed by atoms with E-state index in [1.807, 2.05) is 67.4 Å². The van der Waals surface area contributed by atoms with Gasteiger partial charge in [-0.15, -0.1) is 0 Å². The van der Waals surface area contributed by atoms with E-state index in [9.17, 15) is 14.7 Å². The lowest BCUT2D eigenvalue weighted by atomic mass is 9.94. The smallest absolute Gasteiger partial charge is 0.300 e. The minimum Gasteiger partial charge on any atom is -0.507 e. The second kappa shape index (κ2) is 10.2. The Labute approximate surface area is 222 Å². The molecule has 2 aliphatic heterocycles. The number of benzene rings is 3. The quantitative estimate of drug-likeness (QED) is 0.268. The monoisotopic (exact) mass is 512 g/mol. The summed E-state index contributed by atoms with van der Waals surface area (Å²) in [4.78, 5) is 30.4. The molecule has 0 aliphatic carbocycles. The lowest BCUT2D eigenvalue weighted by Gasteiger charge is -2.28. The SMILES string of the molecule is Cc1ccc(N2C(=O)C(=O)/C(=C(\O)c3ccc4c(c3)N(C)CCO4)C2c2ccc(OCC(C)C)cc2)cc1. The van der Waals surface area contributed by atoms with E-state index in [4.69, 9.17) is 9.47 Å². The first kappa shape index (κ1) is 25.4. The van der Waals surface area contributed by atoms with Crippen LogP contribution < -0.4 is 19.3 Å². The van der Waals surface area contributed by atoms with Crippen LogP contribution in [0.1, 0.15) is 36.6 Å². The predicted octanol–water partition coefficient (Wildman–Crippen LogP) is 5.48. The number of aliphatic hydroxyl groups is 1. The lowest BCUT2D eigenvalue weighted by Crippen LogP contribution is -2.29. The minimum absolute atomic E-state index is 0.0470. The summed E-state index contributed by atoms with van der Waals surface area (Å²) < 4.78 is 11.6. The van der Waals surface area contributed by atoms with E-state index in [0.717, 1.165) is 11.3 Å². The number of carbonyl (C=O) groups excluding carboxylic acids is 2. The summed E-state index contributed by atoms with van der Waals surface area (Å²) in [6.45, 7) is 7.98. The van der Waals surface area contributed by atoms with E-state index in [0.29, 0.717) is 54.0 Å². The van der Waals surface area contributed by atoms with Crippen LogP contribution in [0.15, 0.2) is 72.3 Å². The molecule has 0 aromatic heterocycles. The Balaban J connectivity index is 1.62. The number of fused-ring (bicyclic) bond motifs is 1. The molecule has 0 saturated carbocycles. The molecular formula is C31H32N2O5. The third-order valence-electron chi connectivity index (χ3n) is 6.86. The van der Waals surface area contributed by atoms with Gasteiger partial charge in [-0.3, -0.25) is 14.5 Å². The van der Waals surface area contributed by atoms with Crippen LogP contribution in [0.4, 0.5) is 11.4 Å². The van der Waals surface area contributed by atoms with Gasteiger partial charge in [0, 0.05) is 18.3 Å². The molecule has 196 valence electrons. The standard InChI is InChI=1S/C31H32N2O5/c1-19(2)18-38-24-12-7-21(8-13-24)28-27(30(35)31(36)33(28)23-10-5-20(3)6-11-23)29(34)22-9-14-26-25(17-22)32(4)15-16-37-26/h5-14,17,19,28,34H,15-16,18H2,1-4H3/b29-27-. The zero-order valence-corrected chi connectivity index (χ0v) is 22.1. The Kier molecular flexibility index (Phi) is 6.85. The van der Waals surface area contributed by atoms with E-state index in [1.54, 1.807) is 18.2 Å². The number of ether oxygens (including phenoxy) is 2. The Hall–Kier alpha value is -4.26. The lowest BCUT2D eigenvalue weighted by molar-refractivity contribution is -0.132. The average Bonchev–Trinajstić information content (AvgIpc) is 3.18. The number of hydrogen-bond acceptors (Lipinski definition) is 6. The van der Waals surface area contributed by atoms with E-state index < -0.39 is 17.7 Å². The molecule has 1 unspecified atom stereocenters. The second-order valence-corrected chi connectivity index (χ2v) is 10.2. The number of likely N-dealkylation sites (N-methyl/N-ethyl adjacent to an activating group) is 1. The van der Waals surface area contributed by atoms with Crippen molar-refractivity contribution in [1.29, 1.82) is 0 Å². The molecule has 1 fully saturated rings. The molecule has 1 amide bonds. The maximum Gasteiger partial charge on any atom is 0.300 e. The summed E-state index contributed by atoms with van der Waals surface area (Å²) in [6.07, 6.45) is 0. The van der Waals surface area contributed by atoms with Crippen LogP contribution in [0.3, 0.4) is 0 Å². The van der Waals surface area contributed by atoms with Crippen molar-refractivity contribution in [3.05, 3.63) is 89.0 Å². The number of ketones is 1. The first-order valence-electron chi connectivity index (χ1n) is 12.8. The Morgan fingerprint density at radius 1 is 1.05 bits per heavy atom. The Bertz CT molecular complexity index is 1390. The number of aryl methyl sites for hydroxylation is 1. The van der Waals surface area contributed by atoms with Crippen molar-refractivity contribution in [2.24, 2.45) is 5.92 Å². The van der Waals surface area contributed by atoms with Crippen LogP contribution in [-0.4, -0.2) is 43.6 Å². The fraction of sp³-hybridized carbons (Fsp3) is 0.290. The number of carbonyl (C=O) groups is 2. The molecule has 3 aromatic carbocycles. The van der Waals surface area contributed by atoms with Crippen LogP contribution in [0, 0.1) is 12.8 Å². The highest BCUT2D eigenvalue weighted by Crippen LogP contribution is 2.43. The normalized spacial score (nSPS) is 18.5. The summed E-state index contributed by atoms with van der Waals surface area (Å²) in [7, 11) is 1.95. The number of aliphatic hydroxyl groups excluding tert-OH is 1. The van der Waals surface area contributed by atoms with Crippen molar-refractivity contribution in [2.75, 3.05) is 36.6 Å². The molecule has 1 atom stereocenters. The average molecular weight is 513 g/mol. The third-order valence-corrected chi connectivity index (χ3v) is 6.86. The number of hydrogen-bond donors (Lipinski definition) is 1. The first-order valence-corrected chi connectivity index (χ1v) is 12.8. The number of Topliss-reactive ketones (excluding diaryl/α,β-unsaturated/α-hetero) is 1. The van der Waals surface area contributed by atoms with E-state index in [-0.39, 0.29) is 11.3 Å². The number of rotatable bonds is 6. The van der Waals surface area contributed by atoms with Gasteiger partial charge in [0.05, 0.1) is 30.5 Å². The molecule has 7 heteroatoms. The summed E-state index contributed by atoms with van der Waals surface area (Å²) in [5, 5.41) is 11.5. The van der Waals surface area contributed by atoms with E-state index in [2.05, 4.69) is 13.8 Å². The van der Waals surface area contributed by atoms with Crippen molar-refractivity contribution >= 4 is 28.8 Å². The largest absolute Gasteiger partial charge is 0.507 e. The fourth-order valence-corrected chi connectivity index (χ4v) is 4.78. The molecule has 1 saturated heterocycles. The van der Waals surface area contributed by atoms with Crippen LogP contribution in [0.5, 0.6) is 11.5 Å². The molecular weight excluding hydrogens is 480 g/mol. The highest BCUT2D eigenvalue weighted by molar-refractivity contribution is 6.51. The van der Waals surface area contributed by atoms with Crippen molar-refractivity contribution in [3.63, 3.8) is 0 Å². The van der Waals surface area contributed by atoms with Gasteiger partial charge in [0.2, 0.25) is 0 Å². The van der Waals surface area contributed by atoms with Gasteiger partial charge in [-0.25, -0.2) is 0 Å². The number of anilines is 2. The van der Waals surface area contributed by atoms with Crippen LogP contribution in [-0.2, 0) is 9.59 Å². The van der Waals surface area contributed by atoms with Crippen molar-refractivity contribution in [2.45, 2.75) is 26.8 Å². The summed E-state index contributed by atoms with van der Waals surface area (Å²) in [6, 6.07) is 19.3. The molecule has 38 heavy (non-hydrogen) atoms. The maximum atomic E-state index is 13.5. The molecule has 0 spiro atoms. The van der Waals surface area contributed by atoms with Gasteiger partial charge in [0.1, 0.15) is 23.9 Å². The third kappa shape index (κ3) is 4.72. The number of nitrogens with zero attached hydrogens (tertiary/aromatic N) is 2. The van der Waals surface area contributed by atoms with Gasteiger partial charge < -0.3 is 19.5 Å². The fourth-order valence-electron chi connectivity index (χ4n) is 4.78. The van der Waals surface area contributed by atoms with Crippen LogP contribution in [0.2, 0.25) is 0 Å². The summed E-state index contributed by atoms with van der Waals surface area (Å²) >= 11 is 0. The molecule has 0 bridgehead atoms. The van der Waals surface area contributed by atoms with Gasteiger partial charge in [-0.2, -0.15) is 0 Å². The molecule has 7 nitrogen and oxygen atoms in total. The predicted molar refractivity (Wildman–Crippen MR) is 148 cm³/mol. The Morgan fingerprint density at radius 2 is 1.76 bits per heavy atom. The summed E-state index contributed by atoms with van der Waals surface area (Å²) in [5.41, 5.74) is 3.63. The highest BCUT2D eigenvalue weighted by Gasteiger charge is 2.47. The van der Waals surface area contributed by atoms with Gasteiger partial charge in [-0.1, -0.05) is 43.7 Å². The van der Waals surface area contributed by atoms with Gasteiger partial charge in [-0.05, 0) is 60.9 Å². The molecule has 5 rings (SSSR count). The number of amides is 1. The second-order valence-electron chi connectivity index (χ2n) is 10.2. The molecule has 3 aromatic rings. The molecule has 0 radical (unpaired) electrons. The van der Waals surface area contributed by atoms with Gasteiger partial charge >= 0.3 is 0 Å².